The van der Waals surface area contributed by atoms with Crippen molar-refractivity contribution in [2.24, 2.45) is 0 Å². The highest BCUT2D eigenvalue weighted by Crippen LogP contribution is 2.25. The second-order valence-electron chi connectivity index (χ2n) is 7.06. The molecule has 0 unspecified atom stereocenters. The van der Waals surface area contributed by atoms with Crippen molar-refractivity contribution < 1.29 is 14.6 Å². The van der Waals surface area contributed by atoms with Crippen LogP contribution in [0.4, 0.5) is 0 Å². The number of carboxylic acids is 1. The highest BCUT2D eigenvalue weighted by Gasteiger charge is 2.20. The number of benzene rings is 2. The molecular formula is C23H20N2O4S. The molecule has 0 atom stereocenters. The van der Waals surface area contributed by atoms with Crippen molar-refractivity contribution in [2.45, 2.75) is 20.4 Å². The van der Waals surface area contributed by atoms with Crippen LogP contribution < -0.4 is 10.3 Å². The Morgan fingerprint density at radius 2 is 1.90 bits per heavy atom. The van der Waals surface area contributed by atoms with Crippen LogP contribution in [0.3, 0.4) is 0 Å². The van der Waals surface area contributed by atoms with Gasteiger partial charge in [0.1, 0.15) is 23.0 Å². The number of rotatable bonds is 6. The van der Waals surface area contributed by atoms with E-state index in [4.69, 9.17) is 4.74 Å². The van der Waals surface area contributed by atoms with Gasteiger partial charge in [-0.1, -0.05) is 42.0 Å². The highest BCUT2D eigenvalue weighted by atomic mass is 32.1. The van der Waals surface area contributed by atoms with E-state index < -0.39 is 5.97 Å². The zero-order chi connectivity index (χ0) is 21.3. The molecule has 1 N–H and O–H groups in total. The lowest BCUT2D eigenvalue weighted by molar-refractivity contribution is 0.0699. The minimum absolute atomic E-state index is 0.0173. The lowest BCUT2D eigenvalue weighted by atomic mass is 10.1. The molecule has 0 amide bonds. The lowest BCUT2D eigenvalue weighted by Crippen LogP contribution is -2.26. The van der Waals surface area contributed by atoms with Crippen molar-refractivity contribution in [3.63, 3.8) is 0 Å². The van der Waals surface area contributed by atoms with Gasteiger partial charge in [-0.05, 0) is 31.5 Å². The van der Waals surface area contributed by atoms with E-state index in [0.717, 1.165) is 33.8 Å². The zero-order valence-corrected chi connectivity index (χ0v) is 17.4. The van der Waals surface area contributed by atoms with Crippen molar-refractivity contribution in [1.29, 1.82) is 0 Å². The summed E-state index contributed by atoms with van der Waals surface area (Å²) in [5.41, 5.74) is 2.58. The average Bonchev–Trinajstić information content (AvgIpc) is 3.15. The van der Waals surface area contributed by atoms with E-state index in [1.807, 2.05) is 62.4 Å². The quantitative estimate of drug-likeness (QED) is 0.496. The zero-order valence-electron chi connectivity index (χ0n) is 16.6. The van der Waals surface area contributed by atoms with Gasteiger partial charge in [-0.3, -0.25) is 9.36 Å². The first-order valence-electron chi connectivity index (χ1n) is 9.46. The van der Waals surface area contributed by atoms with Crippen molar-refractivity contribution in [2.75, 3.05) is 6.61 Å². The molecule has 6 nitrogen and oxygen atoms in total. The molecule has 0 radical (unpaired) electrons. The number of aromatic carboxylic acids is 1. The van der Waals surface area contributed by atoms with Crippen LogP contribution in [-0.2, 0) is 6.54 Å². The van der Waals surface area contributed by atoms with Crippen LogP contribution in [0.2, 0.25) is 0 Å². The Kier molecular flexibility index (Phi) is 5.37. The molecule has 7 heteroatoms. The summed E-state index contributed by atoms with van der Waals surface area (Å²) in [5.74, 6) is 0.0839. The summed E-state index contributed by atoms with van der Waals surface area (Å²) >= 11 is 1.16. The molecule has 2 aromatic carbocycles. The topological polar surface area (TPSA) is 81.4 Å². The minimum Gasteiger partial charge on any atom is -0.492 e. The summed E-state index contributed by atoms with van der Waals surface area (Å²) in [5, 5.41) is 11.1. The normalized spacial score (nSPS) is 11.0. The van der Waals surface area contributed by atoms with Crippen molar-refractivity contribution in [3.05, 3.63) is 81.0 Å². The van der Waals surface area contributed by atoms with Crippen molar-refractivity contribution in [1.82, 2.24) is 9.55 Å². The van der Waals surface area contributed by atoms with Crippen LogP contribution >= 0.6 is 11.3 Å². The molecule has 0 aliphatic heterocycles. The van der Waals surface area contributed by atoms with E-state index in [0.29, 0.717) is 10.7 Å². The molecule has 0 fully saturated rings. The fraction of sp³-hybridized carbons (Fsp3) is 0.174. The maximum Gasteiger partial charge on any atom is 0.337 e. The average molecular weight is 420 g/mol. The Balaban J connectivity index is 1.77. The molecule has 0 saturated carbocycles. The summed E-state index contributed by atoms with van der Waals surface area (Å²) < 4.78 is 7.33. The molecule has 30 heavy (non-hydrogen) atoms. The monoisotopic (exact) mass is 420 g/mol. The van der Waals surface area contributed by atoms with Gasteiger partial charge in [-0.2, -0.15) is 0 Å². The van der Waals surface area contributed by atoms with Crippen LogP contribution in [0.15, 0.2) is 58.7 Å². The first kappa shape index (κ1) is 19.8. The Hall–Kier alpha value is -3.45. The molecule has 4 aromatic rings. The third kappa shape index (κ3) is 3.84. The number of hydrogen-bond donors (Lipinski definition) is 1. The molecule has 2 heterocycles. The van der Waals surface area contributed by atoms with Gasteiger partial charge >= 0.3 is 5.97 Å². The standard InChI is InChI=1S/C23H20N2O4S/c1-14-6-8-16(9-7-14)20-24-21-19(18(13-30-21)23(27)28)22(26)25(20)10-11-29-17-5-3-4-15(2)12-17/h3-9,12-13H,10-11H2,1-2H3,(H,27,28). The van der Waals surface area contributed by atoms with Gasteiger partial charge in [0.15, 0.2) is 0 Å². The first-order valence-corrected chi connectivity index (χ1v) is 10.3. The van der Waals surface area contributed by atoms with Crippen LogP contribution in [0.5, 0.6) is 5.75 Å². The number of aromatic nitrogens is 2. The van der Waals surface area contributed by atoms with Gasteiger partial charge in [0.2, 0.25) is 0 Å². The molecule has 0 bridgehead atoms. The largest absolute Gasteiger partial charge is 0.492 e. The van der Waals surface area contributed by atoms with E-state index in [9.17, 15) is 14.7 Å². The maximum absolute atomic E-state index is 13.3. The second-order valence-corrected chi connectivity index (χ2v) is 7.92. The Morgan fingerprint density at radius 3 is 2.60 bits per heavy atom. The number of aryl methyl sites for hydroxylation is 2. The summed E-state index contributed by atoms with van der Waals surface area (Å²) in [6.45, 7) is 4.46. The van der Waals surface area contributed by atoms with Gasteiger partial charge in [-0.15, -0.1) is 11.3 Å². The minimum atomic E-state index is -1.13. The van der Waals surface area contributed by atoms with Crippen molar-refractivity contribution in [3.8, 4) is 17.1 Å². The predicted octanol–water partition coefficient (Wildman–Crippen LogP) is 4.52. The summed E-state index contributed by atoms with van der Waals surface area (Å²) in [7, 11) is 0. The number of carbonyl (C=O) groups is 1. The van der Waals surface area contributed by atoms with E-state index in [-0.39, 0.29) is 29.7 Å². The molecular weight excluding hydrogens is 400 g/mol. The van der Waals surface area contributed by atoms with Crippen molar-refractivity contribution >= 4 is 27.5 Å². The van der Waals surface area contributed by atoms with Gasteiger partial charge in [0.25, 0.3) is 5.56 Å². The number of carboxylic acid groups (broad SMARTS) is 1. The Labute approximate surface area is 177 Å². The van der Waals surface area contributed by atoms with Gasteiger partial charge in [-0.25, -0.2) is 9.78 Å². The molecule has 152 valence electrons. The highest BCUT2D eigenvalue weighted by molar-refractivity contribution is 7.17. The first-order chi connectivity index (χ1) is 14.4. The number of nitrogens with zero attached hydrogens (tertiary/aromatic N) is 2. The third-order valence-corrected chi connectivity index (χ3v) is 5.68. The summed E-state index contributed by atoms with van der Waals surface area (Å²) in [6.07, 6.45) is 0. The fourth-order valence-corrected chi connectivity index (χ4v) is 4.17. The Bertz CT molecular complexity index is 1290. The van der Waals surface area contributed by atoms with Crippen LogP contribution in [0.1, 0.15) is 21.5 Å². The smallest absolute Gasteiger partial charge is 0.337 e. The lowest BCUT2D eigenvalue weighted by Gasteiger charge is -2.14. The third-order valence-electron chi connectivity index (χ3n) is 4.81. The van der Waals surface area contributed by atoms with E-state index in [1.165, 1.54) is 9.95 Å². The SMILES string of the molecule is Cc1ccc(-c2nc3scc(C(=O)O)c3c(=O)n2CCOc2cccc(C)c2)cc1. The number of thiophene rings is 1. The Morgan fingerprint density at radius 1 is 1.13 bits per heavy atom. The maximum atomic E-state index is 13.3. The second kappa shape index (κ2) is 8.12. The van der Waals surface area contributed by atoms with Crippen LogP contribution in [0.25, 0.3) is 21.6 Å². The molecule has 0 aliphatic rings. The molecule has 0 saturated heterocycles. The number of hydrogen-bond acceptors (Lipinski definition) is 5. The van der Waals surface area contributed by atoms with Crippen LogP contribution in [-0.4, -0.2) is 27.2 Å². The molecule has 0 aliphatic carbocycles. The molecule has 0 spiro atoms. The number of ether oxygens (including phenoxy) is 1. The predicted molar refractivity (Wildman–Crippen MR) is 118 cm³/mol. The van der Waals surface area contributed by atoms with E-state index in [1.54, 1.807) is 0 Å². The molecule has 4 rings (SSSR count). The van der Waals surface area contributed by atoms with E-state index >= 15 is 0 Å². The number of fused-ring (bicyclic) bond motifs is 1. The van der Waals surface area contributed by atoms with Crippen LogP contribution in [0, 0.1) is 13.8 Å². The molecule has 2 aromatic heterocycles. The summed E-state index contributed by atoms with van der Waals surface area (Å²) in [4.78, 5) is 29.9. The van der Waals surface area contributed by atoms with Gasteiger partial charge in [0.05, 0.1) is 17.5 Å². The fourth-order valence-electron chi connectivity index (χ4n) is 3.27. The van der Waals surface area contributed by atoms with E-state index in [2.05, 4.69) is 4.98 Å². The summed E-state index contributed by atoms with van der Waals surface area (Å²) in [6, 6.07) is 15.4. The van der Waals surface area contributed by atoms with Gasteiger partial charge < -0.3 is 9.84 Å². The van der Waals surface area contributed by atoms with Gasteiger partial charge in [0, 0.05) is 10.9 Å².